The smallest absolute Gasteiger partial charge is 0.179 e. The highest BCUT2D eigenvalue weighted by atomic mass is 35.5. The zero-order valence-corrected chi connectivity index (χ0v) is 13.0. The van der Waals surface area contributed by atoms with Gasteiger partial charge < -0.3 is 25.2 Å². The molecule has 1 unspecified atom stereocenters. The van der Waals surface area contributed by atoms with Gasteiger partial charge in [-0.2, -0.15) is 0 Å². The third-order valence-corrected chi connectivity index (χ3v) is 3.02. The Morgan fingerprint density at radius 1 is 1.20 bits per heavy atom. The molecule has 0 amide bonds. The van der Waals surface area contributed by atoms with Crippen molar-refractivity contribution in [3.8, 4) is 11.5 Å². The number of nitrogens with one attached hydrogen (secondary N) is 2. The summed E-state index contributed by atoms with van der Waals surface area (Å²) in [7, 11) is 3.15. The molecule has 0 aromatic heterocycles. The quantitative estimate of drug-likeness (QED) is 0.602. The number of halogens is 1. The molecule has 6 heteroatoms. The third kappa shape index (κ3) is 5.54. The molecule has 0 saturated carbocycles. The van der Waals surface area contributed by atoms with Crippen LogP contribution in [0.5, 0.6) is 11.5 Å². The molecule has 0 fully saturated rings. The lowest BCUT2D eigenvalue weighted by Gasteiger charge is -2.12. The number of hydrogen-bond donors (Lipinski definition) is 3. The fourth-order valence-electron chi connectivity index (χ4n) is 1.79. The van der Waals surface area contributed by atoms with Crippen LogP contribution in [0.25, 0.3) is 0 Å². The average Bonchev–Trinajstić information content (AvgIpc) is 2.41. The van der Waals surface area contributed by atoms with Gasteiger partial charge in [0.05, 0.1) is 25.3 Å². The average molecular weight is 303 g/mol. The van der Waals surface area contributed by atoms with Crippen LogP contribution < -0.4 is 20.1 Å². The van der Waals surface area contributed by atoms with Gasteiger partial charge in [-0.3, -0.25) is 0 Å². The maximum atomic E-state index is 9.10. The molecule has 1 atom stereocenters. The molecule has 0 aliphatic rings. The minimum Gasteiger partial charge on any atom is -0.493 e. The molecule has 0 bridgehead atoms. The Kier molecular flexibility index (Phi) is 7.69. The SMILES string of the molecule is COc1cc(CNCCNCC(C)O)cc(Cl)c1OC. The monoisotopic (exact) mass is 302 g/mol. The highest BCUT2D eigenvalue weighted by Gasteiger charge is 2.10. The summed E-state index contributed by atoms with van der Waals surface area (Å²) in [5.74, 6) is 1.18. The van der Waals surface area contributed by atoms with Crippen LogP contribution in [-0.4, -0.2) is 45.1 Å². The number of rotatable bonds is 9. The lowest BCUT2D eigenvalue weighted by molar-refractivity contribution is 0.191. The molecular formula is C14H23ClN2O3. The molecule has 0 saturated heterocycles. The van der Waals surface area contributed by atoms with Crippen LogP contribution in [0.15, 0.2) is 12.1 Å². The van der Waals surface area contributed by atoms with E-state index in [9.17, 15) is 0 Å². The van der Waals surface area contributed by atoms with E-state index in [1.807, 2.05) is 12.1 Å². The minimum absolute atomic E-state index is 0.320. The van der Waals surface area contributed by atoms with Crippen LogP contribution in [0.3, 0.4) is 0 Å². The van der Waals surface area contributed by atoms with Crippen molar-refractivity contribution in [3.05, 3.63) is 22.7 Å². The molecule has 0 aliphatic heterocycles. The van der Waals surface area contributed by atoms with Crippen molar-refractivity contribution in [2.45, 2.75) is 19.6 Å². The molecule has 5 nitrogen and oxygen atoms in total. The number of ether oxygens (including phenoxy) is 2. The molecule has 1 aromatic rings. The largest absolute Gasteiger partial charge is 0.493 e. The highest BCUT2D eigenvalue weighted by Crippen LogP contribution is 2.35. The van der Waals surface area contributed by atoms with E-state index in [-0.39, 0.29) is 6.10 Å². The lowest BCUT2D eigenvalue weighted by atomic mass is 10.2. The van der Waals surface area contributed by atoms with Crippen LogP contribution >= 0.6 is 11.6 Å². The summed E-state index contributed by atoms with van der Waals surface area (Å²) in [4.78, 5) is 0. The maximum absolute atomic E-state index is 9.10. The number of benzene rings is 1. The van der Waals surface area contributed by atoms with Gasteiger partial charge in [0.1, 0.15) is 0 Å². The number of aliphatic hydroxyl groups is 1. The molecule has 1 rings (SSSR count). The summed E-state index contributed by atoms with van der Waals surface area (Å²) in [5, 5.41) is 16.1. The van der Waals surface area contributed by atoms with E-state index >= 15 is 0 Å². The molecule has 1 aromatic carbocycles. The van der Waals surface area contributed by atoms with Crippen LogP contribution in [0.4, 0.5) is 0 Å². The Morgan fingerprint density at radius 2 is 1.90 bits per heavy atom. The first-order valence-corrected chi connectivity index (χ1v) is 6.96. The van der Waals surface area contributed by atoms with Crippen LogP contribution in [0.2, 0.25) is 5.02 Å². The zero-order valence-electron chi connectivity index (χ0n) is 12.2. The predicted molar refractivity (Wildman–Crippen MR) is 80.8 cm³/mol. The standard InChI is InChI=1S/C14H23ClN2O3/c1-10(18)8-16-4-5-17-9-11-6-12(15)14(20-3)13(7-11)19-2/h6-7,10,16-18H,4-5,8-9H2,1-3H3. The van der Waals surface area contributed by atoms with Crippen LogP contribution in [-0.2, 0) is 6.54 Å². The molecule has 114 valence electrons. The van der Waals surface area contributed by atoms with Crippen molar-refractivity contribution in [3.63, 3.8) is 0 Å². The van der Waals surface area contributed by atoms with Crippen LogP contribution in [0, 0.1) is 0 Å². The Balaban J connectivity index is 2.42. The molecule has 0 heterocycles. The lowest BCUT2D eigenvalue weighted by Crippen LogP contribution is -2.31. The van der Waals surface area contributed by atoms with Crippen molar-refractivity contribution >= 4 is 11.6 Å². The van der Waals surface area contributed by atoms with E-state index in [2.05, 4.69) is 10.6 Å². The summed E-state index contributed by atoms with van der Waals surface area (Å²) in [5.41, 5.74) is 1.03. The highest BCUT2D eigenvalue weighted by molar-refractivity contribution is 6.32. The van der Waals surface area contributed by atoms with Crippen molar-refractivity contribution in [2.24, 2.45) is 0 Å². The minimum atomic E-state index is -0.320. The van der Waals surface area contributed by atoms with E-state index in [0.29, 0.717) is 29.6 Å². The number of aliphatic hydroxyl groups excluding tert-OH is 1. The molecule has 0 aliphatic carbocycles. The second kappa shape index (κ2) is 9.02. The van der Waals surface area contributed by atoms with Gasteiger partial charge in [-0.05, 0) is 24.6 Å². The van der Waals surface area contributed by atoms with E-state index in [1.165, 1.54) is 0 Å². The van der Waals surface area contributed by atoms with Gasteiger partial charge in [0.25, 0.3) is 0 Å². The van der Waals surface area contributed by atoms with Gasteiger partial charge in [-0.1, -0.05) is 11.6 Å². The Morgan fingerprint density at radius 3 is 2.50 bits per heavy atom. The number of hydrogen-bond acceptors (Lipinski definition) is 5. The molecule has 3 N–H and O–H groups in total. The van der Waals surface area contributed by atoms with Crippen molar-refractivity contribution in [2.75, 3.05) is 33.9 Å². The number of methoxy groups -OCH3 is 2. The second-order valence-corrected chi connectivity index (χ2v) is 4.95. The van der Waals surface area contributed by atoms with E-state index in [0.717, 1.165) is 18.7 Å². The topological polar surface area (TPSA) is 62.8 Å². The van der Waals surface area contributed by atoms with Crippen LogP contribution in [0.1, 0.15) is 12.5 Å². The Labute approximate surface area is 125 Å². The summed E-state index contributed by atoms with van der Waals surface area (Å²) in [6.07, 6.45) is -0.320. The zero-order chi connectivity index (χ0) is 15.0. The van der Waals surface area contributed by atoms with Gasteiger partial charge >= 0.3 is 0 Å². The van der Waals surface area contributed by atoms with Gasteiger partial charge in [-0.25, -0.2) is 0 Å². The summed E-state index contributed by atoms with van der Waals surface area (Å²) in [6.45, 7) is 4.65. The third-order valence-electron chi connectivity index (χ3n) is 2.74. The molecular weight excluding hydrogens is 280 g/mol. The first-order valence-electron chi connectivity index (χ1n) is 6.58. The van der Waals surface area contributed by atoms with Gasteiger partial charge in [0.2, 0.25) is 0 Å². The van der Waals surface area contributed by atoms with E-state index in [4.69, 9.17) is 26.2 Å². The van der Waals surface area contributed by atoms with Crippen molar-refractivity contribution in [1.29, 1.82) is 0 Å². The van der Waals surface area contributed by atoms with Crippen molar-refractivity contribution < 1.29 is 14.6 Å². The summed E-state index contributed by atoms with van der Waals surface area (Å²) in [6, 6.07) is 3.76. The fraction of sp³-hybridized carbons (Fsp3) is 0.571. The molecule has 0 spiro atoms. The first kappa shape index (κ1) is 17.0. The predicted octanol–water partition coefficient (Wildman–Crippen LogP) is 1.42. The molecule has 0 radical (unpaired) electrons. The van der Waals surface area contributed by atoms with E-state index in [1.54, 1.807) is 21.1 Å². The van der Waals surface area contributed by atoms with Crippen molar-refractivity contribution in [1.82, 2.24) is 10.6 Å². The second-order valence-electron chi connectivity index (χ2n) is 4.54. The van der Waals surface area contributed by atoms with E-state index < -0.39 is 0 Å². The fourth-order valence-corrected chi connectivity index (χ4v) is 2.10. The van der Waals surface area contributed by atoms with Gasteiger partial charge in [0, 0.05) is 26.2 Å². The Hall–Kier alpha value is -1.01. The maximum Gasteiger partial charge on any atom is 0.179 e. The summed E-state index contributed by atoms with van der Waals surface area (Å²) >= 11 is 6.14. The van der Waals surface area contributed by atoms with Gasteiger partial charge in [-0.15, -0.1) is 0 Å². The molecule has 20 heavy (non-hydrogen) atoms. The van der Waals surface area contributed by atoms with Gasteiger partial charge in [0.15, 0.2) is 11.5 Å². The summed E-state index contributed by atoms with van der Waals surface area (Å²) < 4.78 is 10.4. The first-order chi connectivity index (χ1) is 9.58. The normalized spacial score (nSPS) is 12.2. The Bertz CT molecular complexity index is 414.